The Morgan fingerprint density at radius 2 is 1.91 bits per heavy atom. The van der Waals surface area contributed by atoms with Crippen LogP contribution in [0, 0.1) is 0 Å². The molecule has 0 saturated carbocycles. The number of halogens is 3. The van der Waals surface area contributed by atoms with Crippen molar-refractivity contribution in [1.82, 2.24) is 9.80 Å². The topological polar surface area (TPSA) is 49.6 Å². The maximum Gasteiger partial charge on any atom is 0.416 e. The molecule has 1 unspecified atom stereocenters. The number of benzene rings is 1. The smallest absolute Gasteiger partial charge is 0.368 e. The second-order valence-corrected chi connectivity index (χ2v) is 5.59. The van der Waals surface area contributed by atoms with E-state index in [0.29, 0.717) is 38.3 Å². The van der Waals surface area contributed by atoms with E-state index in [1.54, 1.807) is 13.0 Å². The Bertz CT molecular complexity index is 525. The van der Waals surface area contributed by atoms with Crippen LogP contribution < -0.4 is 5.73 Å². The maximum absolute atomic E-state index is 12.7. The van der Waals surface area contributed by atoms with Crippen molar-refractivity contribution >= 4 is 5.91 Å². The highest BCUT2D eigenvalue weighted by molar-refractivity contribution is 5.79. The molecule has 22 heavy (non-hydrogen) atoms. The third-order valence-corrected chi connectivity index (χ3v) is 4.03. The van der Waals surface area contributed by atoms with E-state index in [1.165, 1.54) is 12.1 Å². The van der Waals surface area contributed by atoms with Gasteiger partial charge in [-0.25, -0.2) is 0 Å². The number of carbonyl (C=O) groups is 1. The highest BCUT2D eigenvalue weighted by Gasteiger charge is 2.30. The highest BCUT2D eigenvalue weighted by Crippen LogP contribution is 2.29. The van der Waals surface area contributed by atoms with Gasteiger partial charge in [-0.05, 0) is 18.6 Å². The Balaban J connectivity index is 1.93. The van der Waals surface area contributed by atoms with E-state index in [1.807, 2.05) is 4.90 Å². The number of nitrogens with two attached hydrogens (primary N) is 1. The number of hydrogen-bond acceptors (Lipinski definition) is 3. The summed E-state index contributed by atoms with van der Waals surface area (Å²) in [4.78, 5) is 15.2. The van der Waals surface area contributed by atoms with E-state index >= 15 is 0 Å². The predicted octanol–water partition coefficient (Wildman–Crippen LogP) is 1.70. The average molecular weight is 315 g/mol. The van der Waals surface area contributed by atoms with Crippen LogP contribution in [0.25, 0.3) is 0 Å². The molecule has 1 amide bonds. The zero-order chi connectivity index (χ0) is 16.3. The van der Waals surface area contributed by atoms with Gasteiger partial charge in [-0.15, -0.1) is 0 Å². The Kier molecular flexibility index (Phi) is 5.08. The van der Waals surface area contributed by atoms with Crippen LogP contribution in [0.1, 0.15) is 18.1 Å². The number of primary amides is 1. The molecule has 0 bridgehead atoms. The first-order chi connectivity index (χ1) is 10.3. The molecule has 1 saturated heterocycles. The molecule has 0 spiro atoms. The van der Waals surface area contributed by atoms with Crippen molar-refractivity contribution in [2.24, 2.45) is 5.73 Å². The van der Waals surface area contributed by atoms with E-state index in [0.717, 1.165) is 6.07 Å². The number of hydrogen-bond donors (Lipinski definition) is 1. The van der Waals surface area contributed by atoms with Crippen molar-refractivity contribution in [3.8, 4) is 0 Å². The molecule has 2 N–H and O–H groups in total. The van der Waals surface area contributed by atoms with Crippen LogP contribution in [0.15, 0.2) is 24.3 Å². The van der Waals surface area contributed by atoms with Crippen molar-refractivity contribution in [3.05, 3.63) is 35.4 Å². The molecule has 0 aromatic heterocycles. The summed E-state index contributed by atoms with van der Waals surface area (Å²) in [6.45, 7) is 5.02. The Hall–Kier alpha value is -1.60. The first-order valence-electron chi connectivity index (χ1n) is 7.19. The van der Waals surface area contributed by atoms with Gasteiger partial charge in [0.05, 0.1) is 11.6 Å². The molecule has 1 heterocycles. The quantitative estimate of drug-likeness (QED) is 0.920. The van der Waals surface area contributed by atoms with Gasteiger partial charge >= 0.3 is 6.18 Å². The van der Waals surface area contributed by atoms with Gasteiger partial charge < -0.3 is 5.73 Å². The van der Waals surface area contributed by atoms with Gasteiger partial charge in [0, 0.05) is 32.7 Å². The molecule has 1 aromatic rings. The SMILES string of the molecule is CC(C(N)=O)N1CCN(Cc2cccc(C(F)(F)F)c2)CC1. The van der Waals surface area contributed by atoms with Gasteiger partial charge in [0.2, 0.25) is 5.91 Å². The molecule has 1 aliphatic heterocycles. The lowest BCUT2D eigenvalue weighted by Gasteiger charge is -2.37. The molecular formula is C15H20F3N3O. The fraction of sp³-hybridized carbons (Fsp3) is 0.533. The van der Waals surface area contributed by atoms with Gasteiger partial charge in [-0.3, -0.25) is 14.6 Å². The molecule has 1 aliphatic rings. The number of alkyl halides is 3. The number of nitrogens with zero attached hydrogens (tertiary/aromatic N) is 2. The van der Waals surface area contributed by atoms with Crippen molar-refractivity contribution in [2.45, 2.75) is 25.7 Å². The van der Waals surface area contributed by atoms with Crippen LogP contribution >= 0.6 is 0 Å². The first-order valence-corrected chi connectivity index (χ1v) is 7.19. The van der Waals surface area contributed by atoms with E-state index in [4.69, 9.17) is 5.73 Å². The summed E-state index contributed by atoms with van der Waals surface area (Å²) in [6.07, 6.45) is -4.31. The molecule has 2 rings (SSSR count). The standard InChI is InChI=1S/C15H20F3N3O/c1-11(14(19)22)21-7-5-20(6-8-21)10-12-3-2-4-13(9-12)15(16,17)18/h2-4,9,11H,5-8,10H2,1H3,(H2,19,22). The zero-order valence-electron chi connectivity index (χ0n) is 12.4. The molecule has 0 radical (unpaired) electrons. The molecule has 122 valence electrons. The van der Waals surface area contributed by atoms with Gasteiger partial charge in [0.1, 0.15) is 0 Å². The molecule has 0 aliphatic carbocycles. The number of carbonyl (C=O) groups excluding carboxylic acids is 1. The fourth-order valence-corrected chi connectivity index (χ4v) is 2.59. The molecule has 1 fully saturated rings. The number of amides is 1. The summed E-state index contributed by atoms with van der Waals surface area (Å²) < 4.78 is 38.1. The van der Waals surface area contributed by atoms with Crippen LogP contribution in [-0.2, 0) is 17.5 Å². The van der Waals surface area contributed by atoms with Crippen LogP contribution in [0.2, 0.25) is 0 Å². The van der Waals surface area contributed by atoms with Gasteiger partial charge in [-0.1, -0.05) is 18.2 Å². The van der Waals surface area contributed by atoms with Gasteiger partial charge in [0.15, 0.2) is 0 Å². The Labute approximate surface area is 127 Å². The van der Waals surface area contributed by atoms with Crippen LogP contribution in [0.4, 0.5) is 13.2 Å². The molecular weight excluding hydrogens is 295 g/mol. The summed E-state index contributed by atoms with van der Waals surface area (Å²) in [6, 6.07) is 5.10. The summed E-state index contributed by atoms with van der Waals surface area (Å²) in [5.41, 5.74) is 5.31. The van der Waals surface area contributed by atoms with E-state index in [2.05, 4.69) is 4.90 Å². The van der Waals surface area contributed by atoms with Crippen LogP contribution in [-0.4, -0.2) is 47.9 Å². The van der Waals surface area contributed by atoms with Crippen molar-refractivity contribution in [3.63, 3.8) is 0 Å². The maximum atomic E-state index is 12.7. The van der Waals surface area contributed by atoms with E-state index in [9.17, 15) is 18.0 Å². The van der Waals surface area contributed by atoms with Crippen LogP contribution in [0.3, 0.4) is 0 Å². The van der Waals surface area contributed by atoms with Crippen molar-refractivity contribution < 1.29 is 18.0 Å². The lowest BCUT2D eigenvalue weighted by Crippen LogP contribution is -2.52. The zero-order valence-corrected chi connectivity index (χ0v) is 12.4. The lowest BCUT2D eigenvalue weighted by molar-refractivity contribution is -0.137. The highest BCUT2D eigenvalue weighted by atomic mass is 19.4. The number of piperazine rings is 1. The van der Waals surface area contributed by atoms with Gasteiger partial charge in [-0.2, -0.15) is 13.2 Å². The summed E-state index contributed by atoms with van der Waals surface area (Å²) in [7, 11) is 0. The molecule has 7 heteroatoms. The Morgan fingerprint density at radius 3 is 2.45 bits per heavy atom. The third kappa shape index (κ3) is 4.20. The largest absolute Gasteiger partial charge is 0.416 e. The summed E-state index contributed by atoms with van der Waals surface area (Å²) in [5.74, 6) is -0.355. The molecule has 1 aromatic carbocycles. The van der Waals surface area contributed by atoms with Crippen LogP contribution in [0.5, 0.6) is 0 Å². The number of rotatable bonds is 4. The van der Waals surface area contributed by atoms with Gasteiger partial charge in [0.25, 0.3) is 0 Å². The second-order valence-electron chi connectivity index (χ2n) is 5.59. The second kappa shape index (κ2) is 6.66. The first kappa shape index (κ1) is 16.8. The van der Waals surface area contributed by atoms with Crippen molar-refractivity contribution in [1.29, 1.82) is 0 Å². The Morgan fingerprint density at radius 1 is 1.27 bits per heavy atom. The minimum atomic E-state index is -4.31. The minimum absolute atomic E-state index is 0.310. The normalized spacial score (nSPS) is 19.1. The van der Waals surface area contributed by atoms with Crippen molar-refractivity contribution in [2.75, 3.05) is 26.2 Å². The predicted molar refractivity (Wildman–Crippen MR) is 77.0 cm³/mol. The monoisotopic (exact) mass is 315 g/mol. The van der Waals surface area contributed by atoms with E-state index in [-0.39, 0.29) is 11.9 Å². The fourth-order valence-electron chi connectivity index (χ4n) is 2.59. The summed E-state index contributed by atoms with van der Waals surface area (Å²) in [5, 5.41) is 0. The van der Waals surface area contributed by atoms with E-state index < -0.39 is 11.7 Å². The minimum Gasteiger partial charge on any atom is -0.368 e. The summed E-state index contributed by atoms with van der Waals surface area (Å²) >= 11 is 0. The lowest BCUT2D eigenvalue weighted by atomic mass is 10.1. The third-order valence-electron chi connectivity index (χ3n) is 4.03. The molecule has 1 atom stereocenters. The molecule has 4 nitrogen and oxygen atoms in total. The average Bonchev–Trinajstić information content (AvgIpc) is 2.46.